The first-order valence-electron chi connectivity index (χ1n) is 8.24. The molecule has 0 aromatic rings. The lowest BCUT2D eigenvalue weighted by Crippen LogP contribution is -2.53. The first-order chi connectivity index (χ1) is 9.95. The minimum atomic E-state index is 0. The number of nitrogens with one attached hydrogen (secondary N) is 2. The van der Waals surface area contributed by atoms with Crippen LogP contribution in [0.5, 0.6) is 0 Å². The van der Waals surface area contributed by atoms with Crippen LogP contribution in [0.4, 0.5) is 0 Å². The quantitative estimate of drug-likeness (QED) is 0.388. The number of hydrogen-bond acceptors (Lipinski definition) is 3. The van der Waals surface area contributed by atoms with Crippen molar-refractivity contribution < 1.29 is 4.74 Å². The fourth-order valence-electron chi connectivity index (χ4n) is 2.47. The van der Waals surface area contributed by atoms with E-state index in [1.807, 2.05) is 7.05 Å². The molecule has 2 N–H and O–H groups in total. The molecule has 5 nitrogen and oxygen atoms in total. The Bertz CT molecular complexity index is 317. The monoisotopic (exact) mass is 426 g/mol. The highest BCUT2D eigenvalue weighted by Gasteiger charge is 2.24. The minimum absolute atomic E-state index is 0. The Morgan fingerprint density at radius 3 is 2.14 bits per heavy atom. The number of morpholine rings is 1. The maximum Gasteiger partial charge on any atom is 0.191 e. The molecule has 0 bridgehead atoms. The molecule has 0 radical (unpaired) electrons. The molecule has 0 spiro atoms. The van der Waals surface area contributed by atoms with Gasteiger partial charge in [0.05, 0.1) is 13.2 Å². The first-order valence-corrected chi connectivity index (χ1v) is 8.24. The maximum absolute atomic E-state index is 5.46. The summed E-state index contributed by atoms with van der Waals surface area (Å²) in [6.07, 6.45) is 0. The zero-order valence-corrected chi connectivity index (χ0v) is 17.4. The molecular weight excluding hydrogens is 391 g/mol. The number of ether oxygens (including phenoxy) is 1. The number of guanidine groups is 1. The summed E-state index contributed by atoms with van der Waals surface area (Å²) in [5.74, 6) is 2.09. The molecule has 6 heteroatoms. The standard InChI is InChI=1S/C16H34N4O.HI/c1-12(2)14(5)19-16(17-6)18-11-15(13(3)4)20-7-9-21-10-8-20;/h12-15H,7-11H2,1-6H3,(H2,17,18,19);1H. The molecule has 1 rings (SSSR count). The van der Waals surface area contributed by atoms with E-state index in [4.69, 9.17) is 4.74 Å². The Kier molecular flexibility index (Phi) is 11.4. The predicted octanol–water partition coefficient (Wildman–Crippen LogP) is 2.17. The predicted molar refractivity (Wildman–Crippen MR) is 105 cm³/mol. The smallest absolute Gasteiger partial charge is 0.191 e. The van der Waals surface area contributed by atoms with Gasteiger partial charge in [-0.2, -0.15) is 0 Å². The van der Waals surface area contributed by atoms with Gasteiger partial charge in [0.15, 0.2) is 5.96 Å². The summed E-state index contributed by atoms with van der Waals surface area (Å²) >= 11 is 0. The van der Waals surface area contributed by atoms with E-state index in [0.717, 1.165) is 38.8 Å². The first kappa shape index (κ1) is 21.9. The lowest BCUT2D eigenvalue weighted by molar-refractivity contribution is 0.00751. The van der Waals surface area contributed by atoms with Crippen LogP contribution in [-0.4, -0.2) is 62.8 Å². The molecule has 1 fully saturated rings. The van der Waals surface area contributed by atoms with Crippen LogP contribution in [0, 0.1) is 11.8 Å². The largest absolute Gasteiger partial charge is 0.379 e. The molecular formula is C16H35IN4O. The van der Waals surface area contributed by atoms with Crippen molar-refractivity contribution in [2.45, 2.75) is 46.7 Å². The van der Waals surface area contributed by atoms with Gasteiger partial charge in [0.2, 0.25) is 0 Å². The molecule has 1 aliphatic rings. The topological polar surface area (TPSA) is 48.9 Å². The molecule has 1 saturated heterocycles. The number of halogens is 1. The summed E-state index contributed by atoms with van der Waals surface area (Å²) < 4.78 is 5.46. The van der Waals surface area contributed by atoms with Gasteiger partial charge in [0, 0.05) is 38.8 Å². The van der Waals surface area contributed by atoms with Crippen molar-refractivity contribution in [3.63, 3.8) is 0 Å². The molecule has 0 aromatic heterocycles. The normalized spacial score (nSPS) is 19.7. The fourth-order valence-corrected chi connectivity index (χ4v) is 2.47. The Labute approximate surface area is 153 Å². The molecule has 132 valence electrons. The molecule has 1 heterocycles. The van der Waals surface area contributed by atoms with E-state index in [0.29, 0.717) is 23.9 Å². The molecule has 0 aliphatic carbocycles. The van der Waals surface area contributed by atoms with E-state index in [1.165, 1.54) is 0 Å². The zero-order valence-electron chi connectivity index (χ0n) is 15.1. The second kappa shape index (κ2) is 11.5. The van der Waals surface area contributed by atoms with Crippen molar-refractivity contribution in [2.24, 2.45) is 16.8 Å². The van der Waals surface area contributed by atoms with Crippen LogP contribution in [0.15, 0.2) is 4.99 Å². The van der Waals surface area contributed by atoms with E-state index < -0.39 is 0 Å². The molecule has 1 aliphatic heterocycles. The Morgan fingerprint density at radius 2 is 1.68 bits per heavy atom. The number of aliphatic imine (C=N–C) groups is 1. The number of rotatable bonds is 6. The summed E-state index contributed by atoms with van der Waals surface area (Å²) in [6.45, 7) is 15.9. The highest BCUT2D eigenvalue weighted by molar-refractivity contribution is 14.0. The summed E-state index contributed by atoms with van der Waals surface area (Å²) in [4.78, 5) is 6.87. The third-order valence-corrected chi connectivity index (χ3v) is 4.35. The van der Waals surface area contributed by atoms with Crippen LogP contribution < -0.4 is 10.6 Å². The molecule has 2 atom stereocenters. The molecule has 0 saturated carbocycles. The van der Waals surface area contributed by atoms with Gasteiger partial charge in [0.1, 0.15) is 0 Å². The van der Waals surface area contributed by atoms with Gasteiger partial charge in [-0.15, -0.1) is 24.0 Å². The van der Waals surface area contributed by atoms with Crippen LogP contribution in [0.1, 0.15) is 34.6 Å². The SMILES string of the molecule is CN=C(NCC(C(C)C)N1CCOCC1)NC(C)C(C)C.I. The number of nitrogens with zero attached hydrogens (tertiary/aromatic N) is 2. The fraction of sp³-hybridized carbons (Fsp3) is 0.938. The molecule has 2 unspecified atom stereocenters. The van der Waals surface area contributed by atoms with Crippen LogP contribution in [0.2, 0.25) is 0 Å². The van der Waals surface area contributed by atoms with Crippen LogP contribution in [-0.2, 0) is 4.74 Å². The van der Waals surface area contributed by atoms with Gasteiger partial charge in [-0.3, -0.25) is 9.89 Å². The van der Waals surface area contributed by atoms with Crippen LogP contribution >= 0.6 is 24.0 Å². The highest BCUT2D eigenvalue weighted by atomic mass is 127. The summed E-state index contributed by atoms with van der Waals surface area (Å²) in [6, 6.07) is 0.930. The highest BCUT2D eigenvalue weighted by Crippen LogP contribution is 2.12. The maximum atomic E-state index is 5.46. The summed E-state index contributed by atoms with van der Waals surface area (Å²) in [5, 5.41) is 6.95. The third kappa shape index (κ3) is 7.46. The van der Waals surface area contributed by atoms with Gasteiger partial charge in [-0.05, 0) is 18.8 Å². The lowest BCUT2D eigenvalue weighted by atomic mass is 10.0. The van der Waals surface area contributed by atoms with Crippen molar-refractivity contribution in [2.75, 3.05) is 39.9 Å². The van der Waals surface area contributed by atoms with Crippen LogP contribution in [0.3, 0.4) is 0 Å². The Hall–Kier alpha value is -0.0800. The second-order valence-corrected chi connectivity index (χ2v) is 6.59. The van der Waals surface area contributed by atoms with E-state index in [2.05, 4.69) is 55.1 Å². The van der Waals surface area contributed by atoms with E-state index >= 15 is 0 Å². The molecule has 0 amide bonds. The van der Waals surface area contributed by atoms with E-state index in [9.17, 15) is 0 Å². The van der Waals surface area contributed by atoms with E-state index in [1.54, 1.807) is 0 Å². The number of hydrogen-bond donors (Lipinski definition) is 2. The van der Waals surface area contributed by atoms with Crippen molar-refractivity contribution >= 4 is 29.9 Å². The summed E-state index contributed by atoms with van der Waals surface area (Å²) in [7, 11) is 1.83. The van der Waals surface area contributed by atoms with E-state index in [-0.39, 0.29) is 24.0 Å². The minimum Gasteiger partial charge on any atom is -0.379 e. The Balaban J connectivity index is 0.00000441. The van der Waals surface area contributed by atoms with Gasteiger partial charge in [-0.1, -0.05) is 27.7 Å². The van der Waals surface area contributed by atoms with Crippen molar-refractivity contribution in [3.05, 3.63) is 0 Å². The van der Waals surface area contributed by atoms with Gasteiger partial charge in [-0.25, -0.2) is 0 Å². The average molecular weight is 426 g/mol. The van der Waals surface area contributed by atoms with Gasteiger partial charge in [0.25, 0.3) is 0 Å². The zero-order chi connectivity index (χ0) is 15.8. The Morgan fingerprint density at radius 1 is 1.09 bits per heavy atom. The van der Waals surface area contributed by atoms with Gasteiger partial charge < -0.3 is 15.4 Å². The average Bonchev–Trinajstić information content (AvgIpc) is 2.46. The molecule has 0 aromatic carbocycles. The van der Waals surface area contributed by atoms with Crippen molar-refractivity contribution in [3.8, 4) is 0 Å². The van der Waals surface area contributed by atoms with Crippen molar-refractivity contribution in [1.29, 1.82) is 0 Å². The lowest BCUT2D eigenvalue weighted by Gasteiger charge is -2.37. The van der Waals surface area contributed by atoms with Crippen LogP contribution in [0.25, 0.3) is 0 Å². The van der Waals surface area contributed by atoms with Gasteiger partial charge >= 0.3 is 0 Å². The molecule has 22 heavy (non-hydrogen) atoms. The van der Waals surface area contributed by atoms with Crippen molar-refractivity contribution in [1.82, 2.24) is 15.5 Å². The third-order valence-electron chi connectivity index (χ3n) is 4.35. The summed E-state index contributed by atoms with van der Waals surface area (Å²) in [5.41, 5.74) is 0. The second-order valence-electron chi connectivity index (χ2n) is 6.59.